The first-order valence-electron chi connectivity index (χ1n) is 3.44. The molecule has 1 heterocycles. The van der Waals surface area contributed by atoms with Gasteiger partial charge in [0.25, 0.3) is 0 Å². The summed E-state index contributed by atoms with van der Waals surface area (Å²) in [4.78, 5) is 10.2. The molecule has 1 saturated heterocycles. The minimum atomic E-state index is -0.670. The smallest absolute Gasteiger partial charge is 0.404 e. The van der Waals surface area contributed by atoms with Crippen LogP contribution in [0, 0.1) is 0 Å². The normalized spacial score (nSPS) is 19.6. The molecule has 64 valence electrons. The summed E-state index contributed by atoms with van der Waals surface area (Å²) >= 11 is 3.67. The number of carbonyl (C=O) groups excluding carboxylic acids is 1. The zero-order valence-electron chi connectivity index (χ0n) is 6.12. The lowest BCUT2D eigenvalue weighted by molar-refractivity contribution is 0.162. The van der Waals surface area contributed by atoms with E-state index in [1.807, 2.05) is 23.5 Å². The van der Waals surface area contributed by atoms with Gasteiger partial charge >= 0.3 is 6.09 Å². The maximum absolute atomic E-state index is 10.2. The Hall–Kier alpha value is -0.0300. The molecule has 0 aromatic carbocycles. The van der Waals surface area contributed by atoms with Gasteiger partial charge < -0.3 is 10.5 Å². The summed E-state index contributed by atoms with van der Waals surface area (Å²) in [6.45, 7) is 0.449. The molecule has 1 aliphatic heterocycles. The third-order valence-electron chi connectivity index (χ3n) is 1.26. The van der Waals surface area contributed by atoms with Crippen molar-refractivity contribution < 1.29 is 9.53 Å². The molecule has 1 aliphatic rings. The van der Waals surface area contributed by atoms with Gasteiger partial charge in [0.2, 0.25) is 0 Å². The Morgan fingerprint density at radius 2 is 2.18 bits per heavy atom. The van der Waals surface area contributed by atoms with E-state index in [4.69, 9.17) is 5.73 Å². The standard InChI is InChI=1S/C6H11NO2S2/c7-6(8)9-4-5-10-2-1-3-11-5/h5H,1-4H2,(H2,7,8). The van der Waals surface area contributed by atoms with E-state index < -0.39 is 6.09 Å². The average molecular weight is 193 g/mol. The van der Waals surface area contributed by atoms with E-state index in [2.05, 4.69) is 4.74 Å². The van der Waals surface area contributed by atoms with Crippen LogP contribution in [0.3, 0.4) is 0 Å². The molecule has 0 spiro atoms. The summed E-state index contributed by atoms with van der Waals surface area (Å²) in [6.07, 6.45) is 0.583. The first-order valence-corrected chi connectivity index (χ1v) is 5.54. The third kappa shape index (κ3) is 3.76. The van der Waals surface area contributed by atoms with E-state index in [0.717, 1.165) is 0 Å². The largest absolute Gasteiger partial charge is 0.448 e. The van der Waals surface area contributed by atoms with Gasteiger partial charge in [-0.25, -0.2) is 4.79 Å². The molecule has 0 unspecified atom stereocenters. The van der Waals surface area contributed by atoms with Crippen LogP contribution in [0.15, 0.2) is 0 Å². The minimum Gasteiger partial charge on any atom is -0.448 e. The van der Waals surface area contributed by atoms with Crippen LogP contribution in [-0.4, -0.2) is 28.8 Å². The maximum Gasteiger partial charge on any atom is 0.404 e. The van der Waals surface area contributed by atoms with Gasteiger partial charge in [-0.1, -0.05) is 0 Å². The highest BCUT2D eigenvalue weighted by atomic mass is 32.2. The molecule has 0 aromatic heterocycles. The number of carbonyl (C=O) groups is 1. The maximum atomic E-state index is 10.2. The Morgan fingerprint density at radius 3 is 2.73 bits per heavy atom. The fourth-order valence-electron chi connectivity index (χ4n) is 0.783. The predicted octanol–water partition coefficient (Wildman–Crippen LogP) is 1.28. The SMILES string of the molecule is NC(=O)OCC1SCCCS1. The van der Waals surface area contributed by atoms with E-state index in [1.165, 1.54) is 17.9 Å². The lowest BCUT2D eigenvalue weighted by Gasteiger charge is -2.19. The van der Waals surface area contributed by atoms with Crippen molar-refractivity contribution in [3.05, 3.63) is 0 Å². The molecule has 0 aliphatic carbocycles. The van der Waals surface area contributed by atoms with Gasteiger partial charge in [0.05, 0.1) is 4.58 Å². The highest BCUT2D eigenvalue weighted by Gasteiger charge is 2.15. The van der Waals surface area contributed by atoms with Crippen LogP contribution in [0.4, 0.5) is 4.79 Å². The van der Waals surface area contributed by atoms with Gasteiger partial charge in [-0.3, -0.25) is 0 Å². The molecule has 0 radical (unpaired) electrons. The number of primary amides is 1. The fourth-order valence-corrected chi connectivity index (χ4v) is 3.40. The zero-order chi connectivity index (χ0) is 8.10. The van der Waals surface area contributed by atoms with Gasteiger partial charge in [0, 0.05) is 0 Å². The second-order valence-electron chi connectivity index (χ2n) is 2.15. The van der Waals surface area contributed by atoms with Gasteiger partial charge in [-0.15, -0.1) is 23.5 Å². The first-order chi connectivity index (χ1) is 5.29. The van der Waals surface area contributed by atoms with Crippen LogP contribution in [0.5, 0.6) is 0 Å². The van der Waals surface area contributed by atoms with E-state index in [9.17, 15) is 4.79 Å². The monoisotopic (exact) mass is 193 g/mol. The van der Waals surface area contributed by atoms with Crippen molar-refractivity contribution in [2.45, 2.75) is 11.0 Å². The molecule has 0 saturated carbocycles. The summed E-state index contributed by atoms with van der Waals surface area (Å²) < 4.78 is 5.08. The van der Waals surface area contributed by atoms with Crippen molar-refractivity contribution in [2.24, 2.45) is 5.73 Å². The molecule has 1 amide bonds. The van der Waals surface area contributed by atoms with Crippen molar-refractivity contribution >= 4 is 29.6 Å². The first kappa shape index (κ1) is 9.06. The Kier molecular flexibility index (Phi) is 3.93. The molecule has 1 fully saturated rings. The summed E-state index contributed by atoms with van der Waals surface area (Å²) in [5.74, 6) is 2.33. The van der Waals surface area contributed by atoms with Crippen LogP contribution >= 0.6 is 23.5 Å². The van der Waals surface area contributed by atoms with Crippen LogP contribution in [0.2, 0.25) is 0 Å². The Balaban J connectivity index is 2.09. The van der Waals surface area contributed by atoms with Crippen molar-refractivity contribution in [1.82, 2.24) is 0 Å². The van der Waals surface area contributed by atoms with Gasteiger partial charge in [-0.2, -0.15) is 0 Å². The number of nitrogens with two attached hydrogens (primary N) is 1. The fraction of sp³-hybridized carbons (Fsp3) is 0.833. The van der Waals surface area contributed by atoms with E-state index in [-0.39, 0.29) is 0 Å². The van der Waals surface area contributed by atoms with Crippen LogP contribution in [0.1, 0.15) is 6.42 Å². The lowest BCUT2D eigenvalue weighted by Crippen LogP contribution is -2.20. The third-order valence-corrected chi connectivity index (χ3v) is 4.14. The Labute approximate surface area is 74.4 Å². The molecule has 1 rings (SSSR count). The number of hydrogen-bond donors (Lipinski definition) is 1. The quantitative estimate of drug-likeness (QED) is 0.717. The van der Waals surface area contributed by atoms with Crippen molar-refractivity contribution in [1.29, 1.82) is 0 Å². The lowest BCUT2D eigenvalue weighted by atomic mass is 10.6. The van der Waals surface area contributed by atoms with Gasteiger partial charge in [0.1, 0.15) is 6.61 Å². The number of amides is 1. The summed E-state index contributed by atoms with van der Waals surface area (Å²) in [6, 6.07) is 0. The van der Waals surface area contributed by atoms with Crippen LogP contribution in [0.25, 0.3) is 0 Å². The molecule has 3 nitrogen and oxygen atoms in total. The second kappa shape index (κ2) is 4.77. The van der Waals surface area contributed by atoms with E-state index in [1.54, 1.807) is 0 Å². The minimum absolute atomic E-state index is 0.399. The predicted molar refractivity (Wildman–Crippen MR) is 48.9 cm³/mol. The Morgan fingerprint density at radius 1 is 1.55 bits per heavy atom. The zero-order valence-corrected chi connectivity index (χ0v) is 7.75. The average Bonchev–Trinajstić information content (AvgIpc) is 2.03. The molecule has 11 heavy (non-hydrogen) atoms. The highest BCUT2D eigenvalue weighted by Crippen LogP contribution is 2.30. The number of ether oxygens (including phenoxy) is 1. The molecular weight excluding hydrogens is 182 g/mol. The number of thioether (sulfide) groups is 2. The number of hydrogen-bond acceptors (Lipinski definition) is 4. The molecule has 5 heteroatoms. The molecule has 2 N–H and O–H groups in total. The molecule has 0 aromatic rings. The van der Waals surface area contributed by atoms with Crippen molar-refractivity contribution in [2.75, 3.05) is 18.1 Å². The van der Waals surface area contributed by atoms with Crippen molar-refractivity contribution in [3.63, 3.8) is 0 Å². The van der Waals surface area contributed by atoms with Gasteiger partial charge in [0.15, 0.2) is 0 Å². The van der Waals surface area contributed by atoms with Crippen LogP contribution in [-0.2, 0) is 4.74 Å². The van der Waals surface area contributed by atoms with E-state index >= 15 is 0 Å². The van der Waals surface area contributed by atoms with Crippen LogP contribution < -0.4 is 5.73 Å². The van der Waals surface area contributed by atoms with E-state index in [0.29, 0.717) is 11.2 Å². The Bertz CT molecular complexity index is 137. The summed E-state index contributed by atoms with van der Waals surface area (Å²) in [5.41, 5.74) is 4.83. The second-order valence-corrected chi connectivity index (χ2v) is 5.07. The summed E-state index contributed by atoms with van der Waals surface area (Å²) in [5, 5.41) is 0. The van der Waals surface area contributed by atoms with Crippen molar-refractivity contribution in [3.8, 4) is 0 Å². The summed E-state index contributed by atoms with van der Waals surface area (Å²) in [7, 11) is 0. The highest BCUT2D eigenvalue weighted by molar-refractivity contribution is 8.17. The van der Waals surface area contributed by atoms with Gasteiger partial charge in [-0.05, 0) is 17.9 Å². The number of rotatable bonds is 2. The molecular formula is C6H11NO2S2. The molecule has 0 bridgehead atoms. The molecule has 0 atom stereocenters. The topological polar surface area (TPSA) is 52.3 Å².